The van der Waals surface area contributed by atoms with Crippen molar-refractivity contribution in [2.45, 2.75) is 12.5 Å². The van der Waals surface area contributed by atoms with Crippen molar-refractivity contribution in [3.8, 4) is 0 Å². The lowest BCUT2D eigenvalue weighted by molar-refractivity contribution is 0.173. The van der Waals surface area contributed by atoms with Gasteiger partial charge in [0.2, 0.25) is 0 Å². The summed E-state index contributed by atoms with van der Waals surface area (Å²) < 4.78 is 15.5. The van der Waals surface area contributed by atoms with Crippen molar-refractivity contribution in [1.29, 1.82) is 0 Å². The number of fused-ring (bicyclic) bond motifs is 1. The van der Waals surface area contributed by atoms with Gasteiger partial charge in [-0.1, -0.05) is 34.1 Å². The number of thiazole rings is 1. The summed E-state index contributed by atoms with van der Waals surface area (Å²) in [7, 11) is 0. The Kier molecular flexibility index (Phi) is 3.83. The molecule has 1 heterocycles. The van der Waals surface area contributed by atoms with Gasteiger partial charge >= 0.3 is 0 Å². The summed E-state index contributed by atoms with van der Waals surface area (Å²) in [5.41, 5.74) is 1.21. The number of hydrogen-bond donors (Lipinski definition) is 1. The van der Waals surface area contributed by atoms with E-state index in [4.69, 9.17) is 0 Å². The van der Waals surface area contributed by atoms with E-state index in [1.807, 2.05) is 24.3 Å². The number of halogens is 2. The normalized spacial score (nSPS) is 12.8. The molecule has 1 N–H and O–H groups in total. The molecule has 1 atom stereocenters. The number of aliphatic hydroxyl groups excluding tert-OH is 1. The van der Waals surface area contributed by atoms with E-state index in [1.54, 1.807) is 12.1 Å². The molecular formula is C15H11BrFNOS. The highest BCUT2D eigenvalue weighted by Crippen LogP contribution is 2.28. The Morgan fingerprint density at radius 3 is 2.80 bits per heavy atom. The number of hydrogen-bond acceptors (Lipinski definition) is 3. The predicted molar refractivity (Wildman–Crippen MR) is 82.4 cm³/mol. The maximum Gasteiger partial charge on any atom is 0.130 e. The zero-order chi connectivity index (χ0) is 14.1. The largest absolute Gasteiger partial charge is 0.388 e. The fourth-order valence-electron chi connectivity index (χ4n) is 2.05. The van der Waals surface area contributed by atoms with Crippen LogP contribution in [-0.2, 0) is 6.42 Å². The minimum Gasteiger partial charge on any atom is -0.388 e. The number of rotatable bonds is 3. The minimum absolute atomic E-state index is 0.299. The molecule has 0 spiro atoms. The first kappa shape index (κ1) is 13.7. The third-order valence-electron chi connectivity index (χ3n) is 3.03. The zero-order valence-electron chi connectivity index (χ0n) is 10.4. The summed E-state index contributed by atoms with van der Waals surface area (Å²) in [6, 6.07) is 12.5. The Labute approximate surface area is 128 Å². The van der Waals surface area contributed by atoms with Crippen LogP contribution in [-0.4, -0.2) is 10.1 Å². The van der Waals surface area contributed by atoms with Gasteiger partial charge in [-0.3, -0.25) is 0 Å². The fraction of sp³-hybridized carbons (Fsp3) is 0.133. The van der Waals surface area contributed by atoms with Gasteiger partial charge in [0.15, 0.2) is 0 Å². The maximum atomic E-state index is 13.8. The van der Waals surface area contributed by atoms with E-state index in [2.05, 4.69) is 20.9 Å². The van der Waals surface area contributed by atoms with Crippen LogP contribution in [0.4, 0.5) is 4.39 Å². The van der Waals surface area contributed by atoms with E-state index in [0.717, 1.165) is 15.2 Å². The molecule has 0 aliphatic heterocycles. The zero-order valence-corrected chi connectivity index (χ0v) is 12.8. The molecular weight excluding hydrogens is 341 g/mol. The molecule has 2 nitrogen and oxygen atoms in total. The molecule has 0 fully saturated rings. The van der Waals surface area contributed by atoms with Gasteiger partial charge in [-0.05, 0) is 24.3 Å². The molecule has 2 aromatic carbocycles. The molecule has 3 rings (SSSR count). The van der Waals surface area contributed by atoms with Crippen LogP contribution in [0.5, 0.6) is 0 Å². The monoisotopic (exact) mass is 351 g/mol. The Morgan fingerprint density at radius 2 is 2.05 bits per heavy atom. The van der Waals surface area contributed by atoms with Gasteiger partial charge in [-0.25, -0.2) is 9.37 Å². The molecule has 1 unspecified atom stereocenters. The Balaban J connectivity index is 1.86. The first-order valence-electron chi connectivity index (χ1n) is 6.11. The molecule has 0 aliphatic rings. The Bertz CT molecular complexity index is 725. The Hall–Kier alpha value is -1.30. The molecule has 0 radical (unpaired) electrons. The van der Waals surface area contributed by atoms with Crippen LogP contribution in [0.1, 0.15) is 16.7 Å². The van der Waals surface area contributed by atoms with Gasteiger partial charge in [-0.2, -0.15) is 0 Å². The average Bonchev–Trinajstić information content (AvgIpc) is 2.80. The molecule has 3 aromatic rings. The smallest absolute Gasteiger partial charge is 0.130 e. The lowest BCUT2D eigenvalue weighted by Gasteiger charge is -2.10. The molecule has 0 amide bonds. The molecule has 0 saturated heterocycles. The summed E-state index contributed by atoms with van der Waals surface area (Å²) in [6.45, 7) is 0. The van der Waals surface area contributed by atoms with Gasteiger partial charge in [0.25, 0.3) is 0 Å². The molecule has 0 saturated carbocycles. The standard InChI is InChI=1S/C15H11BrFNOS/c16-9-5-6-10(11(17)7-9)13(19)8-15-18-12-3-1-2-4-14(12)20-15/h1-7,13,19H,8H2. The third kappa shape index (κ3) is 2.75. The third-order valence-corrected chi connectivity index (χ3v) is 4.58. The van der Waals surface area contributed by atoms with Crippen molar-refractivity contribution < 1.29 is 9.50 Å². The van der Waals surface area contributed by atoms with E-state index in [-0.39, 0.29) is 0 Å². The SMILES string of the molecule is OC(Cc1nc2ccccc2s1)c1ccc(Br)cc1F. The Morgan fingerprint density at radius 1 is 1.25 bits per heavy atom. The summed E-state index contributed by atoms with van der Waals surface area (Å²) in [4.78, 5) is 4.45. The van der Waals surface area contributed by atoms with E-state index < -0.39 is 11.9 Å². The molecule has 0 bridgehead atoms. The van der Waals surface area contributed by atoms with Crippen molar-refractivity contribution in [2.75, 3.05) is 0 Å². The van der Waals surface area contributed by atoms with Gasteiger partial charge in [0.05, 0.1) is 21.3 Å². The molecule has 5 heteroatoms. The molecule has 1 aromatic heterocycles. The summed E-state index contributed by atoms with van der Waals surface area (Å²) in [6.07, 6.45) is -0.568. The lowest BCUT2D eigenvalue weighted by atomic mass is 10.1. The van der Waals surface area contributed by atoms with Crippen molar-refractivity contribution in [1.82, 2.24) is 4.98 Å². The second-order valence-electron chi connectivity index (χ2n) is 4.46. The van der Waals surface area contributed by atoms with Crippen molar-refractivity contribution >= 4 is 37.5 Å². The minimum atomic E-state index is -0.885. The van der Waals surface area contributed by atoms with Crippen LogP contribution in [0.25, 0.3) is 10.2 Å². The quantitative estimate of drug-likeness (QED) is 0.754. The highest BCUT2D eigenvalue weighted by atomic mass is 79.9. The van der Waals surface area contributed by atoms with Gasteiger partial charge in [0.1, 0.15) is 5.82 Å². The number of nitrogens with zero attached hydrogens (tertiary/aromatic N) is 1. The summed E-state index contributed by atoms with van der Waals surface area (Å²) in [5, 5.41) is 11.0. The number of aromatic nitrogens is 1. The second-order valence-corrected chi connectivity index (χ2v) is 6.49. The maximum absolute atomic E-state index is 13.8. The van der Waals surface area contributed by atoms with Crippen molar-refractivity contribution in [3.63, 3.8) is 0 Å². The first-order chi connectivity index (χ1) is 9.63. The number of para-hydroxylation sites is 1. The molecule has 0 aliphatic carbocycles. The molecule has 102 valence electrons. The average molecular weight is 352 g/mol. The van der Waals surface area contributed by atoms with Crippen molar-refractivity contribution in [3.05, 3.63) is 63.3 Å². The van der Waals surface area contributed by atoms with Crippen molar-refractivity contribution in [2.24, 2.45) is 0 Å². The van der Waals surface area contributed by atoms with Gasteiger partial charge < -0.3 is 5.11 Å². The van der Waals surface area contributed by atoms with Crippen LogP contribution < -0.4 is 0 Å². The van der Waals surface area contributed by atoms with E-state index in [1.165, 1.54) is 17.4 Å². The lowest BCUT2D eigenvalue weighted by Crippen LogP contribution is -2.04. The fourth-order valence-corrected chi connectivity index (χ4v) is 3.39. The topological polar surface area (TPSA) is 33.1 Å². The van der Waals surface area contributed by atoms with Crippen LogP contribution in [0, 0.1) is 5.82 Å². The number of benzene rings is 2. The van der Waals surface area contributed by atoms with Crippen LogP contribution in [0.2, 0.25) is 0 Å². The summed E-state index contributed by atoms with van der Waals surface area (Å²) in [5.74, 6) is -0.409. The van der Waals surface area contributed by atoms with E-state index >= 15 is 0 Å². The second kappa shape index (κ2) is 5.60. The molecule has 20 heavy (non-hydrogen) atoms. The predicted octanol–water partition coefficient (Wildman–Crippen LogP) is 4.47. The van der Waals surface area contributed by atoms with E-state index in [9.17, 15) is 9.50 Å². The van der Waals surface area contributed by atoms with E-state index in [0.29, 0.717) is 16.5 Å². The number of aliphatic hydroxyl groups is 1. The van der Waals surface area contributed by atoms with Crippen LogP contribution in [0.3, 0.4) is 0 Å². The van der Waals surface area contributed by atoms with Crippen LogP contribution in [0.15, 0.2) is 46.9 Å². The summed E-state index contributed by atoms with van der Waals surface area (Å²) >= 11 is 4.73. The van der Waals surface area contributed by atoms with Gasteiger partial charge in [-0.15, -0.1) is 11.3 Å². The van der Waals surface area contributed by atoms with Crippen LogP contribution >= 0.6 is 27.3 Å². The van der Waals surface area contributed by atoms with Gasteiger partial charge in [0, 0.05) is 16.5 Å². The highest BCUT2D eigenvalue weighted by molar-refractivity contribution is 9.10. The highest BCUT2D eigenvalue weighted by Gasteiger charge is 2.16. The first-order valence-corrected chi connectivity index (χ1v) is 7.72.